The number of carbonyl (C=O) groups excluding carboxylic acids is 1. The summed E-state index contributed by atoms with van der Waals surface area (Å²) >= 11 is 0. The highest BCUT2D eigenvalue weighted by atomic mass is 127. The van der Waals surface area contributed by atoms with Crippen molar-refractivity contribution in [3.05, 3.63) is 29.8 Å². The van der Waals surface area contributed by atoms with Crippen LogP contribution in [0.5, 0.6) is 5.75 Å². The SMILES string of the molecule is CCNC(=NCC(c1ccc(OC)cc1)N1CCOCC1)N1CCCC(CC(N)=O)C1.I. The van der Waals surface area contributed by atoms with Gasteiger partial charge >= 0.3 is 0 Å². The second kappa shape index (κ2) is 13.8. The molecular formula is C23H38IN5O3. The third-order valence-corrected chi connectivity index (χ3v) is 6.04. The number of methoxy groups -OCH3 is 1. The van der Waals surface area contributed by atoms with Crippen molar-refractivity contribution in [1.82, 2.24) is 15.1 Å². The summed E-state index contributed by atoms with van der Waals surface area (Å²) < 4.78 is 10.9. The highest BCUT2D eigenvalue weighted by Gasteiger charge is 2.26. The topological polar surface area (TPSA) is 92.4 Å². The Balaban J connectivity index is 0.00000363. The number of rotatable bonds is 8. The number of likely N-dealkylation sites (tertiary alicyclic amines) is 1. The number of nitrogens with two attached hydrogens (primary N) is 1. The van der Waals surface area contributed by atoms with Crippen LogP contribution in [-0.2, 0) is 9.53 Å². The zero-order chi connectivity index (χ0) is 22.1. The van der Waals surface area contributed by atoms with Gasteiger partial charge in [-0.1, -0.05) is 12.1 Å². The molecule has 3 rings (SSSR count). The summed E-state index contributed by atoms with van der Waals surface area (Å²) in [6.07, 6.45) is 2.53. The van der Waals surface area contributed by atoms with Gasteiger partial charge < -0.3 is 25.4 Å². The Morgan fingerprint density at radius 1 is 1.28 bits per heavy atom. The number of guanidine groups is 1. The van der Waals surface area contributed by atoms with Crippen molar-refractivity contribution in [2.45, 2.75) is 32.2 Å². The lowest BCUT2D eigenvalue weighted by Gasteiger charge is -2.36. The molecule has 2 aliphatic rings. The number of halogens is 1. The van der Waals surface area contributed by atoms with Gasteiger partial charge in [-0.15, -0.1) is 24.0 Å². The number of carbonyl (C=O) groups is 1. The molecule has 0 radical (unpaired) electrons. The highest BCUT2D eigenvalue weighted by molar-refractivity contribution is 14.0. The number of primary amides is 1. The summed E-state index contributed by atoms with van der Waals surface area (Å²) in [5.74, 6) is 1.85. The predicted molar refractivity (Wildman–Crippen MR) is 138 cm³/mol. The molecule has 0 bridgehead atoms. The summed E-state index contributed by atoms with van der Waals surface area (Å²) in [5.41, 5.74) is 6.67. The number of hydrogen-bond donors (Lipinski definition) is 2. The number of ether oxygens (including phenoxy) is 2. The maximum Gasteiger partial charge on any atom is 0.217 e. The Morgan fingerprint density at radius 3 is 2.62 bits per heavy atom. The zero-order valence-corrected chi connectivity index (χ0v) is 21.6. The fourth-order valence-electron chi connectivity index (χ4n) is 4.45. The second-order valence-electron chi connectivity index (χ2n) is 8.26. The first-order valence-electron chi connectivity index (χ1n) is 11.4. The fourth-order valence-corrected chi connectivity index (χ4v) is 4.45. The van der Waals surface area contributed by atoms with Crippen LogP contribution in [0.15, 0.2) is 29.3 Å². The van der Waals surface area contributed by atoms with Crippen LogP contribution >= 0.6 is 24.0 Å². The molecule has 0 aliphatic carbocycles. The number of nitrogens with zero attached hydrogens (tertiary/aromatic N) is 3. The molecule has 180 valence electrons. The van der Waals surface area contributed by atoms with Crippen molar-refractivity contribution < 1.29 is 14.3 Å². The molecule has 1 aromatic carbocycles. The van der Waals surface area contributed by atoms with Gasteiger partial charge in [0.2, 0.25) is 5.91 Å². The molecule has 2 heterocycles. The fraction of sp³-hybridized carbons (Fsp3) is 0.652. The molecule has 8 nitrogen and oxygen atoms in total. The number of benzene rings is 1. The molecule has 2 saturated heterocycles. The van der Waals surface area contributed by atoms with Crippen LogP contribution in [0.2, 0.25) is 0 Å². The minimum absolute atomic E-state index is 0. The summed E-state index contributed by atoms with van der Waals surface area (Å²) in [4.78, 5) is 21.2. The first-order valence-corrected chi connectivity index (χ1v) is 11.4. The predicted octanol–water partition coefficient (Wildman–Crippen LogP) is 2.24. The molecule has 32 heavy (non-hydrogen) atoms. The standard InChI is InChI=1S/C23H37N5O3.HI/c1-3-25-23(28-10-4-5-18(17-28)15-22(24)29)26-16-21(27-11-13-31-14-12-27)19-6-8-20(30-2)9-7-19;/h6-9,18,21H,3-5,10-17H2,1-2H3,(H2,24,29)(H,25,26);1H. The van der Waals surface area contributed by atoms with Crippen molar-refractivity contribution in [3.63, 3.8) is 0 Å². The Labute approximate surface area is 208 Å². The lowest BCUT2D eigenvalue weighted by molar-refractivity contribution is -0.119. The summed E-state index contributed by atoms with van der Waals surface area (Å²) in [7, 11) is 1.69. The minimum Gasteiger partial charge on any atom is -0.497 e. The molecule has 0 saturated carbocycles. The molecule has 1 aromatic rings. The van der Waals surface area contributed by atoms with Crippen molar-refractivity contribution in [1.29, 1.82) is 0 Å². The largest absolute Gasteiger partial charge is 0.497 e. The van der Waals surface area contributed by atoms with Gasteiger partial charge in [0.15, 0.2) is 5.96 Å². The van der Waals surface area contributed by atoms with E-state index in [0.29, 0.717) is 18.9 Å². The van der Waals surface area contributed by atoms with Crippen molar-refractivity contribution in [2.75, 3.05) is 59.6 Å². The van der Waals surface area contributed by atoms with Crippen molar-refractivity contribution in [3.8, 4) is 5.75 Å². The normalized spacial score (nSPS) is 20.9. The Hall–Kier alpha value is -1.59. The van der Waals surface area contributed by atoms with Gasteiger partial charge in [0, 0.05) is 39.1 Å². The molecule has 0 aromatic heterocycles. The van der Waals surface area contributed by atoms with E-state index in [9.17, 15) is 4.79 Å². The van der Waals surface area contributed by atoms with Crippen LogP contribution < -0.4 is 15.8 Å². The Bertz CT molecular complexity index is 725. The number of nitrogens with one attached hydrogen (secondary N) is 1. The lowest BCUT2D eigenvalue weighted by atomic mass is 9.95. The summed E-state index contributed by atoms with van der Waals surface area (Å²) in [6.45, 7) is 8.61. The van der Waals surface area contributed by atoms with E-state index in [1.165, 1.54) is 5.56 Å². The number of piperidine rings is 1. The third-order valence-electron chi connectivity index (χ3n) is 6.04. The van der Waals surface area contributed by atoms with Crippen LogP contribution in [0.1, 0.15) is 37.8 Å². The van der Waals surface area contributed by atoms with Gasteiger partial charge in [-0.3, -0.25) is 14.7 Å². The molecular weight excluding hydrogens is 521 g/mol. The Kier molecular flexibility index (Phi) is 11.5. The number of morpholine rings is 1. The van der Waals surface area contributed by atoms with E-state index < -0.39 is 0 Å². The molecule has 2 fully saturated rings. The van der Waals surface area contributed by atoms with E-state index in [1.54, 1.807) is 7.11 Å². The van der Waals surface area contributed by atoms with E-state index in [-0.39, 0.29) is 35.9 Å². The molecule has 0 spiro atoms. The van der Waals surface area contributed by atoms with Crippen LogP contribution in [0.3, 0.4) is 0 Å². The number of aliphatic imine (C=N–C) groups is 1. The van der Waals surface area contributed by atoms with Crippen molar-refractivity contribution in [2.24, 2.45) is 16.6 Å². The molecule has 2 atom stereocenters. The molecule has 2 aliphatic heterocycles. The van der Waals surface area contributed by atoms with E-state index in [4.69, 9.17) is 20.2 Å². The summed E-state index contributed by atoms with van der Waals surface area (Å²) in [5, 5.41) is 3.45. The molecule has 1 amide bonds. The average Bonchev–Trinajstić information content (AvgIpc) is 2.79. The van der Waals surface area contributed by atoms with Gasteiger partial charge in [-0.25, -0.2) is 0 Å². The second-order valence-corrected chi connectivity index (χ2v) is 8.26. The quantitative estimate of drug-likeness (QED) is 0.289. The number of hydrogen-bond acceptors (Lipinski definition) is 5. The lowest BCUT2D eigenvalue weighted by Crippen LogP contribution is -2.47. The highest BCUT2D eigenvalue weighted by Crippen LogP contribution is 2.25. The van der Waals surface area contributed by atoms with Crippen LogP contribution in [0.25, 0.3) is 0 Å². The van der Waals surface area contributed by atoms with E-state index in [1.807, 2.05) is 12.1 Å². The molecule has 9 heteroatoms. The average molecular weight is 559 g/mol. The van der Waals surface area contributed by atoms with Crippen LogP contribution in [0, 0.1) is 5.92 Å². The third kappa shape index (κ3) is 7.77. The van der Waals surface area contributed by atoms with E-state index in [0.717, 1.165) is 70.5 Å². The summed E-state index contributed by atoms with van der Waals surface area (Å²) in [6, 6.07) is 8.46. The maximum absolute atomic E-state index is 11.4. The Morgan fingerprint density at radius 2 is 2.00 bits per heavy atom. The van der Waals surface area contributed by atoms with E-state index >= 15 is 0 Å². The molecule has 3 N–H and O–H groups in total. The van der Waals surface area contributed by atoms with E-state index in [2.05, 4.69) is 34.2 Å². The van der Waals surface area contributed by atoms with Crippen LogP contribution in [0.4, 0.5) is 0 Å². The maximum atomic E-state index is 11.4. The van der Waals surface area contributed by atoms with Crippen LogP contribution in [-0.4, -0.2) is 81.3 Å². The van der Waals surface area contributed by atoms with Gasteiger partial charge in [-0.05, 0) is 43.4 Å². The smallest absolute Gasteiger partial charge is 0.217 e. The first-order chi connectivity index (χ1) is 15.1. The van der Waals surface area contributed by atoms with Gasteiger partial charge in [0.05, 0.1) is 32.9 Å². The minimum atomic E-state index is -0.222. The monoisotopic (exact) mass is 559 g/mol. The molecule has 2 unspecified atom stereocenters. The zero-order valence-electron chi connectivity index (χ0n) is 19.3. The van der Waals surface area contributed by atoms with Gasteiger partial charge in [0.1, 0.15) is 5.75 Å². The van der Waals surface area contributed by atoms with Crippen molar-refractivity contribution >= 4 is 35.8 Å². The number of amides is 1. The van der Waals surface area contributed by atoms with Gasteiger partial charge in [-0.2, -0.15) is 0 Å². The van der Waals surface area contributed by atoms with Gasteiger partial charge in [0.25, 0.3) is 0 Å². The first kappa shape index (κ1) is 26.7.